The second-order valence-corrected chi connectivity index (χ2v) is 6.36. The molecule has 20 heavy (non-hydrogen) atoms. The van der Waals surface area contributed by atoms with Crippen LogP contribution in [0.1, 0.15) is 25.7 Å². The number of hydrogen-bond acceptors (Lipinski definition) is 4. The van der Waals surface area contributed by atoms with E-state index in [0.29, 0.717) is 6.61 Å². The summed E-state index contributed by atoms with van der Waals surface area (Å²) in [6, 6.07) is -0.112. The topological polar surface area (TPSA) is 44.8 Å². The second-order valence-electron chi connectivity index (χ2n) is 6.36. The average molecular weight is 281 g/mol. The number of nitrogens with one attached hydrogen (secondary N) is 1. The van der Waals surface area contributed by atoms with Crippen molar-refractivity contribution in [3.8, 4) is 0 Å². The Labute approximate surface area is 121 Å². The van der Waals surface area contributed by atoms with E-state index in [1.807, 2.05) is 4.90 Å². The highest BCUT2D eigenvalue weighted by molar-refractivity contribution is 5.82. The van der Waals surface area contributed by atoms with Crippen LogP contribution in [0.25, 0.3) is 0 Å². The summed E-state index contributed by atoms with van der Waals surface area (Å²) in [5.41, 5.74) is 0. The van der Waals surface area contributed by atoms with Crippen molar-refractivity contribution in [3.63, 3.8) is 0 Å². The van der Waals surface area contributed by atoms with Gasteiger partial charge >= 0.3 is 0 Å². The van der Waals surface area contributed by atoms with Crippen LogP contribution in [0.4, 0.5) is 0 Å². The molecule has 0 bridgehead atoms. The van der Waals surface area contributed by atoms with Crippen molar-refractivity contribution in [2.45, 2.75) is 31.7 Å². The molecule has 3 heterocycles. The molecule has 1 unspecified atom stereocenters. The molecule has 0 radical (unpaired) electrons. The largest absolute Gasteiger partial charge is 0.378 e. The molecule has 1 amide bonds. The Morgan fingerprint density at radius 3 is 2.55 bits per heavy atom. The molecule has 114 valence electrons. The van der Waals surface area contributed by atoms with Crippen LogP contribution in [0, 0.1) is 5.92 Å². The molecule has 0 aromatic carbocycles. The predicted molar refractivity (Wildman–Crippen MR) is 77.6 cm³/mol. The molecule has 3 fully saturated rings. The number of piperidine rings is 1. The minimum Gasteiger partial charge on any atom is -0.378 e. The number of hydrogen-bond donors (Lipinski definition) is 1. The first kappa shape index (κ1) is 14.3. The van der Waals surface area contributed by atoms with Gasteiger partial charge in [0.05, 0.1) is 13.2 Å². The summed E-state index contributed by atoms with van der Waals surface area (Å²) in [5.74, 6) is 1.03. The fourth-order valence-electron chi connectivity index (χ4n) is 3.61. The van der Waals surface area contributed by atoms with E-state index in [-0.39, 0.29) is 11.9 Å². The summed E-state index contributed by atoms with van der Waals surface area (Å²) < 4.78 is 5.39. The first-order valence-electron chi connectivity index (χ1n) is 8.15. The lowest BCUT2D eigenvalue weighted by Crippen LogP contribution is -2.54. The van der Waals surface area contributed by atoms with E-state index < -0.39 is 0 Å². The molecule has 0 aromatic heterocycles. The molecule has 5 nitrogen and oxygen atoms in total. The van der Waals surface area contributed by atoms with Gasteiger partial charge in [0.1, 0.15) is 6.04 Å². The zero-order valence-electron chi connectivity index (χ0n) is 12.4. The number of amides is 1. The third-order valence-electron chi connectivity index (χ3n) is 4.86. The Kier molecular flexibility index (Phi) is 4.91. The molecule has 3 aliphatic heterocycles. The van der Waals surface area contributed by atoms with Gasteiger partial charge < -0.3 is 19.9 Å². The lowest BCUT2D eigenvalue weighted by molar-refractivity contribution is -0.137. The van der Waals surface area contributed by atoms with E-state index >= 15 is 0 Å². The number of rotatable bonds is 3. The van der Waals surface area contributed by atoms with Crippen LogP contribution < -0.4 is 5.32 Å². The van der Waals surface area contributed by atoms with Crippen LogP contribution in [0.2, 0.25) is 0 Å². The Morgan fingerprint density at radius 2 is 1.90 bits per heavy atom. The molecule has 3 saturated heterocycles. The molecular formula is C15H27N3O2. The Hall–Kier alpha value is -0.650. The van der Waals surface area contributed by atoms with E-state index in [2.05, 4.69) is 10.2 Å². The van der Waals surface area contributed by atoms with Crippen LogP contribution in [0.5, 0.6) is 0 Å². The maximum Gasteiger partial charge on any atom is 0.242 e. The van der Waals surface area contributed by atoms with Gasteiger partial charge in [-0.3, -0.25) is 4.79 Å². The van der Waals surface area contributed by atoms with Crippen LogP contribution in [0.3, 0.4) is 0 Å². The molecule has 0 aliphatic carbocycles. The Bertz CT molecular complexity index is 317. The van der Waals surface area contributed by atoms with Crippen LogP contribution in [0.15, 0.2) is 0 Å². The SMILES string of the molecule is O=C(C1COCCN1)N1CCC(CN2CCCC2)CC1. The number of nitrogens with zero attached hydrogens (tertiary/aromatic N) is 2. The summed E-state index contributed by atoms with van der Waals surface area (Å²) in [5, 5.41) is 3.26. The number of carbonyl (C=O) groups excluding carboxylic acids is 1. The van der Waals surface area contributed by atoms with E-state index in [0.717, 1.165) is 45.0 Å². The molecule has 1 atom stereocenters. The van der Waals surface area contributed by atoms with E-state index in [1.165, 1.54) is 32.5 Å². The first-order valence-corrected chi connectivity index (χ1v) is 8.15. The van der Waals surface area contributed by atoms with Gasteiger partial charge in [-0.25, -0.2) is 0 Å². The van der Waals surface area contributed by atoms with Crippen molar-refractivity contribution >= 4 is 5.91 Å². The molecular weight excluding hydrogens is 254 g/mol. The van der Waals surface area contributed by atoms with Gasteiger partial charge in [-0.1, -0.05) is 0 Å². The fraction of sp³-hybridized carbons (Fsp3) is 0.933. The standard InChI is InChI=1S/C15H27N3O2/c19-15(14-12-20-10-5-16-14)18-8-3-13(4-9-18)11-17-6-1-2-7-17/h13-14,16H,1-12H2. The van der Waals surface area contributed by atoms with Crippen LogP contribution >= 0.6 is 0 Å². The van der Waals surface area contributed by atoms with Crippen molar-refractivity contribution < 1.29 is 9.53 Å². The van der Waals surface area contributed by atoms with Gasteiger partial charge in [0.2, 0.25) is 5.91 Å². The molecule has 5 heteroatoms. The van der Waals surface area contributed by atoms with Gasteiger partial charge in [-0.05, 0) is 44.7 Å². The quantitative estimate of drug-likeness (QED) is 0.809. The minimum atomic E-state index is -0.112. The summed E-state index contributed by atoms with van der Waals surface area (Å²) in [4.78, 5) is 17.0. The van der Waals surface area contributed by atoms with Gasteiger partial charge in [0, 0.05) is 26.2 Å². The molecule has 0 spiro atoms. The van der Waals surface area contributed by atoms with Crippen molar-refractivity contribution in [1.82, 2.24) is 15.1 Å². The van der Waals surface area contributed by atoms with E-state index in [1.54, 1.807) is 0 Å². The average Bonchev–Trinajstić information content (AvgIpc) is 3.01. The van der Waals surface area contributed by atoms with E-state index in [4.69, 9.17) is 4.74 Å². The summed E-state index contributed by atoms with van der Waals surface area (Å²) >= 11 is 0. The van der Waals surface area contributed by atoms with Gasteiger partial charge in [-0.2, -0.15) is 0 Å². The second kappa shape index (κ2) is 6.87. The predicted octanol–water partition coefficient (Wildman–Crippen LogP) is 0.309. The minimum absolute atomic E-state index is 0.112. The lowest BCUT2D eigenvalue weighted by Gasteiger charge is -2.36. The summed E-state index contributed by atoms with van der Waals surface area (Å²) in [6.45, 7) is 7.71. The van der Waals surface area contributed by atoms with Crippen molar-refractivity contribution in [2.24, 2.45) is 5.92 Å². The number of morpholine rings is 1. The van der Waals surface area contributed by atoms with Gasteiger partial charge in [0.25, 0.3) is 0 Å². The molecule has 3 rings (SSSR count). The highest BCUT2D eigenvalue weighted by Gasteiger charge is 2.30. The number of carbonyl (C=O) groups is 1. The monoisotopic (exact) mass is 281 g/mol. The van der Waals surface area contributed by atoms with Gasteiger partial charge in [-0.15, -0.1) is 0 Å². The maximum absolute atomic E-state index is 12.4. The maximum atomic E-state index is 12.4. The highest BCUT2D eigenvalue weighted by atomic mass is 16.5. The van der Waals surface area contributed by atoms with Crippen molar-refractivity contribution in [3.05, 3.63) is 0 Å². The Morgan fingerprint density at radius 1 is 1.15 bits per heavy atom. The van der Waals surface area contributed by atoms with E-state index in [9.17, 15) is 4.79 Å². The molecule has 3 aliphatic rings. The smallest absolute Gasteiger partial charge is 0.242 e. The van der Waals surface area contributed by atoms with Crippen LogP contribution in [-0.2, 0) is 9.53 Å². The first-order chi connectivity index (χ1) is 9.83. The normalized spacial score (nSPS) is 29.8. The Balaban J connectivity index is 1.41. The summed E-state index contributed by atoms with van der Waals surface area (Å²) in [6.07, 6.45) is 5.06. The zero-order chi connectivity index (χ0) is 13.8. The fourth-order valence-corrected chi connectivity index (χ4v) is 3.61. The lowest BCUT2D eigenvalue weighted by atomic mass is 9.95. The van der Waals surface area contributed by atoms with Gasteiger partial charge in [0.15, 0.2) is 0 Å². The highest BCUT2D eigenvalue weighted by Crippen LogP contribution is 2.21. The number of ether oxygens (including phenoxy) is 1. The summed E-state index contributed by atoms with van der Waals surface area (Å²) in [7, 11) is 0. The molecule has 0 aromatic rings. The third-order valence-corrected chi connectivity index (χ3v) is 4.86. The van der Waals surface area contributed by atoms with Crippen molar-refractivity contribution in [2.75, 3.05) is 52.5 Å². The van der Waals surface area contributed by atoms with Crippen molar-refractivity contribution in [1.29, 1.82) is 0 Å². The number of likely N-dealkylation sites (tertiary alicyclic amines) is 2. The zero-order valence-corrected chi connectivity index (χ0v) is 12.4. The third kappa shape index (κ3) is 3.51. The van der Waals surface area contributed by atoms with Crippen LogP contribution in [-0.4, -0.2) is 74.2 Å². The molecule has 1 N–H and O–H groups in total. The molecule has 0 saturated carbocycles.